The summed E-state index contributed by atoms with van der Waals surface area (Å²) < 4.78 is 0.785. The molecule has 3 aromatic rings. The molecule has 0 saturated carbocycles. The SMILES string of the molecule is [C-]#[N+]c1cc(N=C(c2ccccc2)c2ccccc2)ccc1Br. The van der Waals surface area contributed by atoms with Crippen LogP contribution in [0.5, 0.6) is 0 Å². The Bertz CT molecular complexity index is 837. The number of aliphatic imine (C=N–C) groups is 1. The zero-order valence-corrected chi connectivity index (χ0v) is 13.9. The lowest BCUT2D eigenvalue weighted by molar-refractivity contribution is 1.47. The predicted molar refractivity (Wildman–Crippen MR) is 98.6 cm³/mol. The van der Waals surface area contributed by atoms with E-state index in [0.29, 0.717) is 5.69 Å². The molecule has 0 aliphatic carbocycles. The van der Waals surface area contributed by atoms with Crippen LogP contribution in [0.2, 0.25) is 0 Å². The fraction of sp³-hybridized carbons (Fsp3) is 0. The van der Waals surface area contributed by atoms with Gasteiger partial charge >= 0.3 is 0 Å². The van der Waals surface area contributed by atoms with E-state index in [1.54, 1.807) is 6.07 Å². The smallest absolute Gasteiger partial charge is 0.203 e. The molecular formula is C20H13BrN2. The van der Waals surface area contributed by atoms with E-state index in [-0.39, 0.29) is 0 Å². The predicted octanol–water partition coefficient (Wildman–Crippen LogP) is 6.17. The lowest BCUT2D eigenvalue weighted by atomic mass is 10.0. The van der Waals surface area contributed by atoms with Crippen molar-refractivity contribution in [3.05, 3.63) is 106 Å². The molecule has 3 heteroatoms. The van der Waals surface area contributed by atoms with Gasteiger partial charge in [-0.05, 0) is 12.1 Å². The third kappa shape index (κ3) is 3.56. The Morgan fingerprint density at radius 3 is 1.91 bits per heavy atom. The second-order valence-corrected chi connectivity index (χ2v) is 5.79. The second-order valence-electron chi connectivity index (χ2n) is 4.94. The first kappa shape index (κ1) is 15.2. The van der Waals surface area contributed by atoms with Crippen molar-refractivity contribution in [1.82, 2.24) is 0 Å². The van der Waals surface area contributed by atoms with Gasteiger partial charge in [0.2, 0.25) is 5.69 Å². The quantitative estimate of drug-likeness (QED) is 0.392. The van der Waals surface area contributed by atoms with E-state index in [1.807, 2.05) is 72.8 Å². The zero-order chi connectivity index (χ0) is 16.1. The van der Waals surface area contributed by atoms with Crippen LogP contribution in [0.3, 0.4) is 0 Å². The molecule has 0 heterocycles. The Labute approximate surface area is 144 Å². The van der Waals surface area contributed by atoms with Gasteiger partial charge in [0.05, 0.1) is 18.0 Å². The number of nitrogens with zero attached hydrogens (tertiary/aromatic N) is 2. The molecule has 0 spiro atoms. The summed E-state index contributed by atoms with van der Waals surface area (Å²) in [5.74, 6) is 0. The number of rotatable bonds is 3. The van der Waals surface area contributed by atoms with Gasteiger partial charge in [-0.15, -0.1) is 0 Å². The molecule has 0 radical (unpaired) electrons. The van der Waals surface area contributed by atoms with Crippen molar-refractivity contribution in [3.63, 3.8) is 0 Å². The van der Waals surface area contributed by atoms with Crippen LogP contribution in [0.25, 0.3) is 4.85 Å². The largest absolute Gasteiger partial charge is 0.249 e. The highest BCUT2D eigenvalue weighted by Crippen LogP contribution is 2.30. The monoisotopic (exact) mass is 360 g/mol. The van der Waals surface area contributed by atoms with Gasteiger partial charge in [-0.2, -0.15) is 0 Å². The lowest BCUT2D eigenvalue weighted by Gasteiger charge is -2.08. The normalized spacial score (nSPS) is 9.91. The number of hydrogen-bond acceptors (Lipinski definition) is 1. The molecule has 23 heavy (non-hydrogen) atoms. The molecule has 0 N–H and O–H groups in total. The summed E-state index contributed by atoms with van der Waals surface area (Å²) in [7, 11) is 0. The third-order valence-corrected chi connectivity index (χ3v) is 4.06. The van der Waals surface area contributed by atoms with Crippen molar-refractivity contribution in [2.24, 2.45) is 4.99 Å². The summed E-state index contributed by atoms with van der Waals surface area (Å²) >= 11 is 3.38. The summed E-state index contributed by atoms with van der Waals surface area (Å²) in [4.78, 5) is 8.32. The highest BCUT2D eigenvalue weighted by molar-refractivity contribution is 9.10. The molecule has 0 bridgehead atoms. The second kappa shape index (κ2) is 7.04. The number of halogens is 1. The van der Waals surface area contributed by atoms with Gasteiger partial charge in [-0.1, -0.05) is 82.7 Å². The van der Waals surface area contributed by atoms with Gasteiger partial charge in [0.25, 0.3) is 0 Å². The van der Waals surface area contributed by atoms with Gasteiger partial charge in [-0.3, -0.25) is 0 Å². The van der Waals surface area contributed by atoms with Crippen molar-refractivity contribution >= 4 is 33.0 Å². The molecule has 0 aliphatic rings. The van der Waals surface area contributed by atoms with Gasteiger partial charge in [0.15, 0.2) is 0 Å². The van der Waals surface area contributed by atoms with E-state index in [4.69, 9.17) is 11.6 Å². The van der Waals surface area contributed by atoms with E-state index in [1.165, 1.54) is 0 Å². The van der Waals surface area contributed by atoms with E-state index in [2.05, 4.69) is 20.8 Å². The van der Waals surface area contributed by atoms with Crippen molar-refractivity contribution in [3.8, 4) is 0 Å². The average molecular weight is 361 g/mol. The van der Waals surface area contributed by atoms with Crippen LogP contribution in [0, 0.1) is 6.57 Å². The van der Waals surface area contributed by atoms with Crippen molar-refractivity contribution in [2.75, 3.05) is 0 Å². The molecular weight excluding hydrogens is 348 g/mol. The topological polar surface area (TPSA) is 16.7 Å². The fourth-order valence-electron chi connectivity index (χ4n) is 2.27. The number of benzene rings is 3. The Morgan fingerprint density at radius 2 is 1.39 bits per heavy atom. The maximum absolute atomic E-state index is 7.24. The third-order valence-electron chi connectivity index (χ3n) is 3.39. The minimum atomic E-state index is 0.562. The fourth-order valence-corrected chi connectivity index (χ4v) is 2.61. The summed E-state index contributed by atoms with van der Waals surface area (Å²) in [6.07, 6.45) is 0. The van der Waals surface area contributed by atoms with Crippen LogP contribution in [0.15, 0.2) is 88.3 Å². The molecule has 0 aromatic heterocycles. The standard InChI is InChI=1S/C20H13BrN2/c1-22-19-14-17(12-13-18(19)21)23-20(15-8-4-2-5-9-15)16-10-6-3-7-11-16/h2-14H. The molecule has 0 saturated heterocycles. The van der Waals surface area contributed by atoms with E-state index in [0.717, 1.165) is 27.0 Å². The zero-order valence-electron chi connectivity index (χ0n) is 12.3. The summed E-state index contributed by atoms with van der Waals surface area (Å²) in [6.45, 7) is 7.24. The van der Waals surface area contributed by atoms with Gasteiger partial charge in [0, 0.05) is 15.6 Å². The minimum Gasteiger partial charge on any atom is -0.249 e. The van der Waals surface area contributed by atoms with Gasteiger partial charge < -0.3 is 0 Å². The summed E-state index contributed by atoms with van der Waals surface area (Å²) in [5, 5.41) is 0. The maximum atomic E-state index is 7.24. The first-order chi connectivity index (χ1) is 11.3. The van der Waals surface area contributed by atoms with E-state index in [9.17, 15) is 0 Å². The Kier molecular flexibility index (Phi) is 4.65. The van der Waals surface area contributed by atoms with Crippen LogP contribution in [-0.2, 0) is 0 Å². The lowest BCUT2D eigenvalue weighted by Crippen LogP contribution is -2.02. The van der Waals surface area contributed by atoms with Crippen LogP contribution in [0.1, 0.15) is 11.1 Å². The summed E-state index contributed by atoms with van der Waals surface area (Å²) in [6, 6.07) is 25.7. The van der Waals surface area contributed by atoms with Crippen LogP contribution in [0.4, 0.5) is 11.4 Å². The van der Waals surface area contributed by atoms with Crippen molar-refractivity contribution < 1.29 is 0 Å². The molecule has 0 fully saturated rings. The Hall–Kier alpha value is -2.70. The van der Waals surface area contributed by atoms with Gasteiger partial charge in [0.1, 0.15) is 0 Å². The molecule has 2 nitrogen and oxygen atoms in total. The first-order valence-corrected chi connectivity index (χ1v) is 7.94. The number of hydrogen-bond donors (Lipinski definition) is 0. The molecule has 3 rings (SSSR count). The Balaban J connectivity index is 2.15. The van der Waals surface area contributed by atoms with Crippen molar-refractivity contribution in [1.29, 1.82) is 0 Å². The maximum Gasteiger partial charge on any atom is 0.203 e. The molecule has 3 aromatic carbocycles. The molecule has 0 unspecified atom stereocenters. The Morgan fingerprint density at radius 1 is 0.826 bits per heavy atom. The first-order valence-electron chi connectivity index (χ1n) is 7.14. The molecule has 110 valence electrons. The molecule has 0 aliphatic heterocycles. The van der Waals surface area contributed by atoms with Crippen LogP contribution >= 0.6 is 15.9 Å². The molecule has 0 amide bonds. The molecule has 0 atom stereocenters. The summed E-state index contributed by atoms with van der Waals surface area (Å²) in [5.41, 5.74) is 4.31. The van der Waals surface area contributed by atoms with Crippen LogP contribution < -0.4 is 0 Å². The van der Waals surface area contributed by atoms with Crippen LogP contribution in [-0.4, -0.2) is 5.71 Å². The van der Waals surface area contributed by atoms with Crippen molar-refractivity contribution in [2.45, 2.75) is 0 Å². The highest BCUT2D eigenvalue weighted by atomic mass is 79.9. The van der Waals surface area contributed by atoms with Gasteiger partial charge in [-0.25, -0.2) is 9.84 Å². The average Bonchev–Trinajstić information content (AvgIpc) is 2.62. The highest BCUT2D eigenvalue weighted by Gasteiger charge is 2.07. The van der Waals surface area contributed by atoms with E-state index >= 15 is 0 Å². The minimum absolute atomic E-state index is 0.562. The van der Waals surface area contributed by atoms with E-state index < -0.39 is 0 Å².